The van der Waals surface area contributed by atoms with Gasteiger partial charge in [0, 0.05) is 36.4 Å². The van der Waals surface area contributed by atoms with Gasteiger partial charge in [-0.3, -0.25) is 4.79 Å². The molecule has 0 aliphatic heterocycles. The summed E-state index contributed by atoms with van der Waals surface area (Å²) in [6.07, 6.45) is 3.67. The van der Waals surface area contributed by atoms with E-state index in [4.69, 9.17) is 0 Å². The molecule has 2 heterocycles. The fraction of sp³-hybridized carbons (Fsp3) is 0.222. The molecule has 1 amide bonds. The highest BCUT2D eigenvalue weighted by Gasteiger charge is 2.08. The topological polar surface area (TPSA) is 61.0 Å². The zero-order valence-corrected chi connectivity index (χ0v) is 13.3. The van der Waals surface area contributed by atoms with Crippen molar-refractivity contribution >= 4 is 16.9 Å². The van der Waals surface area contributed by atoms with Crippen LogP contribution in [0.15, 0.2) is 48.8 Å². The average molecular weight is 308 g/mol. The number of rotatable bonds is 5. The van der Waals surface area contributed by atoms with E-state index in [0.717, 1.165) is 28.7 Å². The third-order valence-corrected chi connectivity index (χ3v) is 3.76. The van der Waals surface area contributed by atoms with Crippen LogP contribution >= 0.6 is 0 Å². The van der Waals surface area contributed by atoms with Crippen molar-refractivity contribution in [1.82, 2.24) is 20.2 Å². The standard InChI is InChI=1S/C18H20N4O/c1-22(2)12-11-21-18(23)14-5-3-13(4-6-14)15-7-9-19-17-16(15)8-10-20-17/h3-10H,11-12H2,1-2H3,(H,19,20)(H,21,23). The molecule has 0 bridgehead atoms. The maximum atomic E-state index is 12.1. The lowest BCUT2D eigenvalue weighted by Crippen LogP contribution is -2.31. The summed E-state index contributed by atoms with van der Waals surface area (Å²) >= 11 is 0. The van der Waals surface area contributed by atoms with Crippen LogP contribution in [0.3, 0.4) is 0 Å². The zero-order valence-electron chi connectivity index (χ0n) is 13.3. The molecule has 0 unspecified atom stereocenters. The van der Waals surface area contributed by atoms with E-state index in [1.807, 2.05) is 61.6 Å². The van der Waals surface area contributed by atoms with Gasteiger partial charge in [0.15, 0.2) is 0 Å². The molecule has 0 aliphatic rings. The van der Waals surface area contributed by atoms with Crippen LogP contribution in [0.5, 0.6) is 0 Å². The normalized spacial score (nSPS) is 11.1. The van der Waals surface area contributed by atoms with Crippen LogP contribution in [0.2, 0.25) is 0 Å². The highest BCUT2D eigenvalue weighted by molar-refractivity contribution is 5.96. The van der Waals surface area contributed by atoms with Crippen LogP contribution in [0.1, 0.15) is 10.4 Å². The molecule has 0 saturated heterocycles. The van der Waals surface area contributed by atoms with Gasteiger partial charge in [-0.25, -0.2) is 4.98 Å². The second-order valence-corrected chi connectivity index (χ2v) is 5.73. The van der Waals surface area contributed by atoms with Crippen LogP contribution < -0.4 is 5.32 Å². The van der Waals surface area contributed by atoms with Crippen molar-refractivity contribution in [2.45, 2.75) is 0 Å². The van der Waals surface area contributed by atoms with E-state index in [1.54, 1.807) is 6.20 Å². The first-order valence-electron chi connectivity index (χ1n) is 7.60. The van der Waals surface area contributed by atoms with Gasteiger partial charge in [0.1, 0.15) is 5.65 Å². The van der Waals surface area contributed by atoms with Gasteiger partial charge < -0.3 is 15.2 Å². The Morgan fingerprint density at radius 3 is 2.70 bits per heavy atom. The van der Waals surface area contributed by atoms with Gasteiger partial charge >= 0.3 is 0 Å². The number of fused-ring (bicyclic) bond motifs is 1. The highest BCUT2D eigenvalue weighted by atomic mass is 16.1. The van der Waals surface area contributed by atoms with Crippen LogP contribution in [-0.2, 0) is 0 Å². The largest absolute Gasteiger partial charge is 0.351 e. The highest BCUT2D eigenvalue weighted by Crippen LogP contribution is 2.26. The molecule has 2 N–H and O–H groups in total. The summed E-state index contributed by atoms with van der Waals surface area (Å²) in [6, 6.07) is 11.7. The monoisotopic (exact) mass is 308 g/mol. The summed E-state index contributed by atoms with van der Waals surface area (Å²) in [5.74, 6) is -0.0417. The Morgan fingerprint density at radius 2 is 1.96 bits per heavy atom. The van der Waals surface area contributed by atoms with Crippen LogP contribution in [-0.4, -0.2) is 48.0 Å². The number of aromatic nitrogens is 2. The molecule has 0 spiro atoms. The number of aromatic amines is 1. The fourth-order valence-electron chi connectivity index (χ4n) is 2.51. The number of likely N-dealkylation sites (N-methyl/N-ethyl adjacent to an activating group) is 1. The van der Waals surface area contributed by atoms with E-state index in [2.05, 4.69) is 15.3 Å². The molecule has 0 aliphatic carbocycles. The summed E-state index contributed by atoms with van der Waals surface area (Å²) in [7, 11) is 3.97. The number of hydrogen-bond donors (Lipinski definition) is 2. The number of benzene rings is 1. The van der Waals surface area contributed by atoms with Crippen LogP contribution in [0.4, 0.5) is 0 Å². The van der Waals surface area contributed by atoms with E-state index >= 15 is 0 Å². The van der Waals surface area contributed by atoms with Gasteiger partial charge in [-0.2, -0.15) is 0 Å². The quantitative estimate of drug-likeness (QED) is 0.761. The minimum atomic E-state index is -0.0417. The lowest BCUT2D eigenvalue weighted by atomic mass is 10.0. The molecule has 2 aromatic heterocycles. The third kappa shape index (κ3) is 3.40. The number of carbonyl (C=O) groups is 1. The molecule has 3 rings (SSSR count). The van der Waals surface area contributed by atoms with Crippen molar-refractivity contribution < 1.29 is 4.79 Å². The number of nitrogens with zero attached hydrogens (tertiary/aromatic N) is 2. The molecule has 1 aromatic carbocycles. The van der Waals surface area contributed by atoms with Gasteiger partial charge in [-0.1, -0.05) is 12.1 Å². The maximum Gasteiger partial charge on any atom is 0.251 e. The maximum absolute atomic E-state index is 12.1. The van der Waals surface area contributed by atoms with Crippen molar-refractivity contribution in [2.75, 3.05) is 27.2 Å². The smallest absolute Gasteiger partial charge is 0.251 e. The van der Waals surface area contributed by atoms with Crippen molar-refractivity contribution in [2.24, 2.45) is 0 Å². The van der Waals surface area contributed by atoms with E-state index in [0.29, 0.717) is 12.1 Å². The van der Waals surface area contributed by atoms with Crippen molar-refractivity contribution in [3.8, 4) is 11.1 Å². The third-order valence-electron chi connectivity index (χ3n) is 3.76. The molecule has 23 heavy (non-hydrogen) atoms. The van der Waals surface area contributed by atoms with E-state index in [9.17, 15) is 4.79 Å². The first-order chi connectivity index (χ1) is 11.1. The lowest BCUT2D eigenvalue weighted by Gasteiger charge is -2.10. The Labute approximate surface area is 135 Å². The molecule has 0 atom stereocenters. The second-order valence-electron chi connectivity index (χ2n) is 5.73. The van der Waals surface area contributed by atoms with Crippen molar-refractivity contribution in [3.05, 3.63) is 54.4 Å². The molecule has 5 nitrogen and oxygen atoms in total. The number of pyridine rings is 1. The second kappa shape index (κ2) is 6.62. The lowest BCUT2D eigenvalue weighted by molar-refractivity contribution is 0.0951. The Morgan fingerprint density at radius 1 is 1.17 bits per heavy atom. The average Bonchev–Trinajstić information content (AvgIpc) is 3.03. The number of hydrogen-bond acceptors (Lipinski definition) is 3. The number of amides is 1. The van der Waals surface area contributed by atoms with Gasteiger partial charge in [0.2, 0.25) is 0 Å². The predicted molar refractivity (Wildman–Crippen MR) is 92.4 cm³/mol. The van der Waals surface area contributed by atoms with Crippen molar-refractivity contribution in [3.63, 3.8) is 0 Å². The minimum Gasteiger partial charge on any atom is -0.351 e. The minimum absolute atomic E-state index is 0.0417. The summed E-state index contributed by atoms with van der Waals surface area (Å²) in [5, 5.41) is 4.00. The van der Waals surface area contributed by atoms with Gasteiger partial charge in [-0.05, 0) is 49.5 Å². The first-order valence-corrected chi connectivity index (χ1v) is 7.60. The van der Waals surface area contributed by atoms with E-state index < -0.39 is 0 Å². The van der Waals surface area contributed by atoms with Gasteiger partial charge in [0.05, 0.1) is 0 Å². The molecular formula is C18H20N4O. The molecule has 118 valence electrons. The van der Waals surface area contributed by atoms with Crippen LogP contribution in [0, 0.1) is 0 Å². The number of nitrogens with one attached hydrogen (secondary N) is 2. The Hall–Kier alpha value is -2.66. The van der Waals surface area contributed by atoms with Crippen LogP contribution in [0.25, 0.3) is 22.2 Å². The first kappa shape index (κ1) is 15.2. The molecule has 5 heteroatoms. The molecular weight excluding hydrogens is 288 g/mol. The van der Waals surface area contributed by atoms with Gasteiger partial charge in [-0.15, -0.1) is 0 Å². The molecule has 0 fully saturated rings. The summed E-state index contributed by atoms with van der Waals surface area (Å²) < 4.78 is 0. The SMILES string of the molecule is CN(C)CCNC(=O)c1ccc(-c2ccnc3[nH]ccc23)cc1. The zero-order chi connectivity index (χ0) is 16.2. The summed E-state index contributed by atoms with van der Waals surface area (Å²) in [5.41, 5.74) is 3.72. The molecule has 0 radical (unpaired) electrons. The Balaban J connectivity index is 1.77. The van der Waals surface area contributed by atoms with E-state index in [1.165, 1.54) is 0 Å². The fourth-order valence-corrected chi connectivity index (χ4v) is 2.51. The molecule has 0 saturated carbocycles. The summed E-state index contributed by atoms with van der Waals surface area (Å²) in [4.78, 5) is 21.5. The van der Waals surface area contributed by atoms with Gasteiger partial charge in [0.25, 0.3) is 5.91 Å². The molecule has 3 aromatic rings. The summed E-state index contributed by atoms with van der Waals surface area (Å²) in [6.45, 7) is 1.47. The Bertz CT molecular complexity index is 805. The van der Waals surface area contributed by atoms with Crippen molar-refractivity contribution in [1.29, 1.82) is 0 Å². The van der Waals surface area contributed by atoms with E-state index in [-0.39, 0.29) is 5.91 Å². The number of carbonyl (C=O) groups excluding carboxylic acids is 1. The predicted octanol–water partition coefficient (Wildman–Crippen LogP) is 2.52. The Kier molecular flexibility index (Phi) is 4.39. The number of H-pyrrole nitrogens is 1.